The van der Waals surface area contributed by atoms with Gasteiger partial charge in [0.15, 0.2) is 0 Å². The largest absolute Gasteiger partial charge is 0.467 e. The summed E-state index contributed by atoms with van der Waals surface area (Å²) in [7, 11) is 1.42. The normalized spacial score (nSPS) is 14.3. The first-order chi connectivity index (χ1) is 8.45. The molecule has 0 bridgehead atoms. The van der Waals surface area contributed by atoms with Crippen LogP contribution in [0, 0.1) is 0 Å². The number of likely N-dealkylation sites (N-methyl/N-ethyl adjacent to an activating group) is 1. The Bertz CT molecular complexity index is 397. The van der Waals surface area contributed by atoms with E-state index < -0.39 is 5.54 Å². The molecule has 3 heteroatoms. The van der Waals surface area contributed by atoms with E-state index in [1.54, 1.807) is 0 Å². The molecule has 0 heterocycles. The van der Waals surface area contributed by atoms with Gasteiger partial charge in [-0.1, -0.05) is 45.0 Å². The van der Waals surface area contributed by atoms with Gasteiger partial charge >= 0.3 is 5.97 Å². The molecule has 0 radical (unpaired) electrons. The summed E-state index contributed by atoms with van der Waals surface area (Å²) in [6, 6.07) is 8.13. The van der Waals surface area contributed by atoms with Gasteiger partial charge in [-0.3, -0.25) is 5.32 Å². The van der Waals surface area contributed by atoms with Crippen molar-refractivity contribution in [2.45, 2.75) is 39.2 Å². The van der Waals surface area contributed by atoms with Crippen molar-refractivity contribution in [2.24, 2.45) is 0 Å². The fourth-order valence-electron chi connectivity index (χ4n) is 2.05. The number of hydrogen-bond acceptors (Lipinski definition) is 3. The average Bonchev–Trinajstić information content (AvgIpc) is 2.38. The highest BCUT2D eigenvalue weighted by molar-refractivity contribution is 5.82. The number of ether oxygens (including phenoxy) is 1. The molecule has 18 heavy (non-hydrogen) atoms. The highest BCUT2D eigenvalue weighted by Crippen LogP contribution is 2.24. The number of benzene rings is 1. The molecule has 0 amide bonds. The van der Waals surface area contributed by atoms with Crippen LogP contribution in [0.1, 0.15) is 44.7 Å². The number of methoxy groups -OCH3 is 1. The third kappa shape index (κ3) is 2.91. The second kappa shape index (κ2) is 6.01. The lowest BCUT2D eigenvalue weighted by molar-refractivity contribution is -0.148. The second-order valence-electron chi connectivity index (χ2n) is 4.92. The number of carbonyl (C=O) groups excluding carboxylic acids is 1. The summed E-state index contributed by atoms with van der Waals surface area (Å²) in [5.41, 5.74) is 1.42. The molecular formula is C15H23NO2. The van der Waals surface area contributed by atoms with E-state index in [1.165, 1.54) is 12.7 Å². The Balaban J connectivity index is 3.10. The van der Waals surface area contributed by atoms with Gasteiger partial charge in [0.05, 0.1) is 7.11 Å². The maximum atomic E-state index is 12.0. The zero-order valence-corrected chi connectivity index (χ0v) is 11.9. The van der Waals surface area contributed by atoms with E-state index in [2.05, 4.69) is 31.3 Å². The predicted molar refractivity (Wildman–Crippen MR) is 73.6 cm³/mol. The zero-order chi connectivity index (χ0) is 13.8. The van der Waals surface area contributed by atoms with E-state index >= 15 is 0 Å². The van der Waals surface area contributed by atoms with Crippen LogP contribution >= 0.6 is 0 Å². The van der Waals surface area contributed by atoms with E-state index in [0.717, 1.165) is 5.56 Å². The Morgan fingerprint density at radius 1 is 1.33 bits per heavy atom. The van der Waals surface area contributed by atoms with Crippen molar-refractivity contribution in [3.8, 4) is 0 Å². The van der Waals surface area contributed by atoms with Gasteiger partial charge in [-0.2, -0.15) is 0 Å². The Morgan fingerprint density at radius 2 is 1.89 bits per heavy atom. The lowest BCUT2D eigenvalue weighted by Crippen LogP contribution is -2.47. The van der Waals surface area contributed by atoms with Crippen LogP contribution in [0.2, 0.25) is 0 Å². The van der Waals surface area contributed by atoms with Crippen molar-refractivity contribution in [2.75, 3.05) is 13.7 Å². The molecule has 1 rings (SSSR count). The highest BCUT2D eigenvalue weighted by atomic mass is 16.5. The molecule has 1 unspecified atom stereocenters. The Morgan fingerprint density at radius 3 is 2.28 bits per heavy atom. The van der Waals surface area contributed by atoms with Crippen LogP contribution in [0.3, 0.4) is 0 Å². The molecule has 0 aliphatic rings. The minimum absolute atomic E-state index is 0.262. The van der Waals surface area contributed by atoms with Gasteiger partial charge < -0.3 is 4.74 Å². The molecule has 0 aromatic heterocycles. The van der Waals surface area contributed by atoms with Crippen LogP contribution in [0.4, 0.5) is 0 Å². The van der Waals surface area contributed by atoms with Crippen LogP contribution in [0.5, 0.6) is 0 Å². The number of esters is 1. The van der Waals surface area contributed by atoms with E-state index in [9.17, 15) is 4.79 Å². The first-order valence-corrected chi connectivity index (χ1v) is 6.39. The van der Waals surface area contributed by atoms with Gasteiger partial charge in [0.2, 0.25) is 0 Å². The summed E-state index contributed by atoms with van der Waals surface area (Å²) in [5.74, 6) is 0.226. The third-order valence-electron chi connectivity index (χ3n) is 3.28. The van der Waals surface area contributed by atoms with Crippen molar-refractivity contribution >= 4 is 5.97 Å². The van der Waals surface area contributed by atoms with Crippen LogP contribution in [-0.4, -0.2) is 19.6 Å². The van der Waals surface area contributed by atoms with E-state index in [0.29, 0.717) is 12.5 Å². The minimum atomic E-state index is -0.779. The van der Waals surface area contributed by atoms with Crippen LogP contribution in [0.15, 0.2) is 24.3 Å². The van der Waals surface area contributed by atoms with Gasteiger partial charge in [0.1, 0.15) is 5.54 Å². The maximum Gasteiger partial charge on any atom is 0.330 e. The van der Waals surface area contributed by atoms with Gasteiger partial charge in [0.25, 0.3) is 0 Å². The summed E-state index contributed by atoms with van der Waals surface area (Å²) >= 11 is 0. The maximum absolute atomic E-state index is 12.0. The summed E-state index contributed by atoms with van der Waals surface area (Å²) in [6.07, 6.45) is 0. The molecule has 1 aromatic carbocycles. The number of rotatable bonds is 5. The molecule has 0 spiro atoms. The number of hydrogen-bond donors (Lipinski definition) is 1. The molecule has 0 saturated carbocycles. The van der Waals surface area contributed by atoms with Crippen LogP contribution in [-0.2, 0) is 15.1 Å². The van der Waals surface area contributed by atoms with Crippen molar-refractivity contribution in [3.63, 3.8) is 0 Å². The van der Waals surface area contributed by atoms with Crippen molar-refractivity contribution < 1.29 is 9.53 Å². The molecule has 3 nitrogen and oxygen atoms in total. The van der Waals surface area contributed by atoms with Crippen molar-refractivity contribution in [1.82, 2.24) is 5.32 Å². The Kier molecular flexibility index (Phi) is 4.91. The molecule has 0 aliphatic carbocycles. The SMILES string of the molecule is CCNC(C)(C(=O)OC)c1ccc(C(C)C)cc1. The summed E-state index contributed by atoms with van der Waals surface area (Å²) in [4.78, 5) is 12.0. The van der Waals surface area contributed by atoms with Crippen LogP contribution < -0.4 is 5.32 Å². The number of carbonyl (C=O) groups is 1. The predicted octanol–water partition coefficient (Wildman–Crippen LogP) is 2.81. The molecule has 1 N–H and O–H groups in total. The second-order valence-corrected chi connectivity index (χ2v) is 4.92. The Labute approximate surface area is 110 Å². The molecule has 0 fully saturated rings. The molecular weight excluding hydrogens is 226 g/mol. The molecule has 0 saturated heterocycles. The van der Waals surface area contributed by atoms with E-state index in [4.69, 9.17) is 4.74 Å². The Hall–Kier alpha value is -1.35. The summed E-state index contributed by atoms with van der Waals surface area (Å²) in [5, 5.41) is 3.20. The van der Waals surface area contributed by atoms with Crippen LogP contribution in [0.25, 0.3) is 0 Å². The molecule has 100 valence electrons. The monoisotopic (exact) mass is 249 g/mol. The van der Waals surface area contributed by atoms with Crippen molar-refractivity contribution in [1.29, 1.82) is 0 Å². The smallest absolute Gasteiger partial charge is 0.330 e. The lowest BCUT2D eigenvalue weighted by atomic mass is 9.90. The van der Waals surface area contributed by atoms with Crippen molar-refractivity contribution in [3.05, 3.63) is 35.4 Å². The quantitative estimate of drug-likeness (QED) is 0.815. The third-order valence-corrected chi connectivity index (χ3v) is 3.28. The molecule has 1 atom stereocenters. The fraction of sp³-hybridized carbons (Fsp3) is 0.533. The van der Waals surface area contributed by atoms with E-state index in [-0.39, 0.29) is 5.97 Å². The zero-order valence-electron chi connectivity index (χ0n) is 11.9. The van der Waals surface area contributed by atoms with Gasteiger partial charge in [0, 0.05) is 0 Å². The lowest BCUT2D eigenvalue weighted by Gasteiger charge is -2.28. The summed E-state index contributed by atoms with van der Waals surface area (Å²) < 4.78 is 4.90. The standard InChI is InChI=1S/C15H23NO2/c1-6-16-15(4,14(17)18-5)13-9-7-12(8-10-13)11(2)3/h7-11,16H,6H2,1-5H3. The summed E-state index contributed by atoms with van der Waals surface area (Å²) in [6.45, 7) is 8.84. The highest BCUT2D eigenvalue weighted by Gasteiger charge is 2.35. The first kappa shape index (κ1) is 14.7. The van der Waals surface area contributed by atoms with Gasteiger partial charge in [-0.25, -0.2) is 4.79 Å². The average molecular weight is 249 g/mol. The first-order valence-electron chi connectivity index (χ1n) is 6.39. The van der Waals surface area contributed by atoms with Gasteiger partial charge in [-0.15, -0.1) is 0 Å². The molecule has 1 aromatic rings. The van der Waals surface area contributed by atoms with Gasteiger partial charge in [-0.05, 0) is 30.5 Å². The minimum Gasteiger partial charge on any atom is -0.467 e. The topological polar surface area (TPSA) is 38.3 Å². The molecule has 0 aliphatic heterocycles. The fourth-order valence-corrected chi connectivity index (χ4v) is 2.05. The van der Waals surface area contributed by atoms with E-state index in [1.807, 2.05) is 26.0 Å². The number of nitrogens with one attached hydrogen (secondary N) is 1.